The van der Waals surface area contributed by atoms with Crippen LogP contribution >= 0.6 is 0 Å². The summed E-state index contributed by atoms with van der Waals surface area (Å²) in [5.74, 6) is 1.08. The van der Waals surface area contributed by atoms with Crippen LogP contribution in [0.25, 0.3) is 0 Å². The Labute approximate surface area is 119 Å². The fourth-order valence-electron chi connectivity index (χ4n) is 2.23. The number of nitrogens with one attached hydrogen (secondary N) is 1. The van der Waals surface area contributed by atoms with Gasteiger partial charge in [-0.1, -0.05) is 0 Å². The van der Waals surface area contributed by atoms with E-state index in [1.54, 1.807) is 17.2 Å². The summed E-state index contributed by atoms with van der Waals surface area (Å²) in [4.78, 5) is 22.0. The Kier molecular flexibility index (Phi) is 4.89. The van der Waals surface area contributed by atoms with Gasteiger partial charge in [0.1, 0.15) is 5.82 Å². The fourth-order valence-corrected chi connectivity index (χ4v) is 2.23. The maximum absolute atomic E-state index is 11.9. The van der Waals surface area contributed by atoms with Crippen LogP contribution in [0.15, 0.2) is 12.3 Å². The zero-order valence-corrected chi connectivity index (χ0v) is 12.3. The van der Waals surface area contributed by atoms with Crippen LogP contribution in [0.5, 0.6) is 0 Å². The van der Waals surface area contributed by atoms with E-state index in [9.17, 15) is 4.79 Å². The van der Waals surface area contributed by atoms with Gasteiger partial charge >= 0.3 is 0 Å². The van der Waals surface area contributed by atoms with E-state index in [1.807, 2.05) is 14.1 Å². The number of amides is 1. The van der Waals surface area contributed by atoms with Gasteiger partial charge in [-0.05, 0) is 32.3 Å². The minimum atomic E-state index is -0.0310. The monoisotopic (exact) mass is 278 g/mol. The van der Waals surface area contributed by atoms with Crippen molar-refractivity contribution in [2.75, 3.05) is 24.3 Å². The lowest BCUT2D eigenvalue weighted by atomic mass is 10.1. The lowest BCUT2D eigenvalue weighted by Gasteiger charge is -2.12. The Bertz CT molecular complexity index is 464. The second kappa shape index (κ2) is 6.65. The lowest BCUT2D eigenvalue weighted by Crippen LogP contribution is -2.18. The molecule has 20 heavy (non-hydrogen) atoms. The SMILES string of the molecule is CC1CCC(CCC(=O)Nc2ccnc(N(C)C)n2)O1. The minimum absolute atomic E-state index is 0.0310. The van der Waals surface area contributed by atoms with E-state index < -0.39 is 0 Å². The van der Waals surface area contributed by atoms with Gasteiger partial charge < -0.3 is 15.0 Å². The fraction of sp³-hybridized carbons (Fsp3) is 0.643. The predicted octanol–water partition coefficient (Wildman–Crippen LogP) is 1.83. The van der Waals surface area contributed by atoms with Gasteiger partial charge in [-0.25, -0.2) is 4.98 Å². The Morgan fingerprint density at radius 1 is 1.50 bits per heavy atom. The van der Waals surface area contributed by atoms with Gasteiger partial charge in [0.15, 0.2) is 0 Å². The second-order valence-electron chi connectivity index (χ2n) is 5.37. The van der Waals surface area contributed by atoms with Crippen LogP contribution in [-0.2, 0) is 9.53 Å². The van der Waals surface area contributed by atoms with Crippen molar-refractivity contribution >= 4 is 17.7 Å². The molecule has 6 heteroatoms. The third-order valence-corrected chi connectivity index (χ3v) is 3.32. The van der Waals surface area contributed by atoms with Gasteiger partial charge in [0.25, 0.3) is 0 Å². The molecule has 1 aromatic rings. The predicted molar refractivity (Wildman–Crippen MR) is 77.8 cm³/mol. The van der Waals surface area contributed by atoms with Gasteiger partial charge in [-0.3, -0.25) is 4.79 Å². The number of carbonyl (C=O) groups excluding carboxylic acids is 1. The van der Waals surface area contributed by atoms with E-state index in [-0.39, 0.29) is 12.0 Å². The third kappa shape index (κ3) is 4.16. The molecule has 2 atom stereocenters. The molecule has 0 spiro atoms. The van der Waals surface area contributed by atoms with Crippen molar-refractivity contribution in [3.63, 3.8) is 0 Å². The summed E-state index contributed by atoms with van der Waals surface area (Å²) in [7, 11) is 3.72. The van der Waals surface area contributed by atoms with Gasteiger partial charge in [-0.2, -0.15) is 4.98 Å². The second-order valence-corrected chi connectivity index (χ2v) is 5.37. The average Bonchev–Trinajstić information content (AvgIpc) is 2.82. The molecule has 0 bridgehead atoms. The van der Waals surface area contributed by atoms with Gasteiger partial charge in [0, 0.05) is 26.7 Å². The maximum Gasteiger partial charge on any atom is 0.226 e. The molecule has 0 radical (unpaired) electrons. The first-order chi connectivity index (χ1) is 9.54. The van der Waals surface area contributed by atoms with E-state index in [1.165, 1.54) is 0 Å². The normalized spacial score (nSPS) is 21.8. The molecular weight excluding hydrogens is 256 g/mol. The molecule has 2 rings (SSSR count). The van der Waals surface area contributed by atoms with Crippen molar-refractivity contribution in [2.45, 2.75) is 44.8 Å². The van der Waals surface area contributed by atoms with Crippen molar-refractivity contribution in [1.29, 1.82) is 0 Å². The molecule has 110 valence electrons. The quantitative estimate of drug-likeness (QED) is 0.890. The van der Waals surface area contributed by atoms with Crippen molar-refractivity contribution in [1.82, 2.24) is 9.97 Å². The molecule has 1 aliphatic heterocycles. The molecule has 2 heterocycles. The summed E-state index contributed by atoms with van der Waals surface area (Å²) >= 11 is 0. The number of hydrogen-bond acceptors (Lipinski definition) is 5. The highest BCUT2D eigenvalue weighted by molar-refractivity contribution is 5.89. The summed E-state index contributed by atoms with van der Waals surface area (Å²) in [5, 5.41) is 2.80. The van der Waals surface area contributed by atoms with Crippen LogP contribution in [0.2, 0.25) is 0 Å². The highest BCUT2D eigenvalue weighted by Gasteiger charge is 2.22. The van der Waals surface area contributed by atoms with Crippen LogP contribution in [0.1, 0.15) is 32.6 Å². The van der Waals surface area contributed by atoms with E-state index >= 15 is 0 Å². The molecule has 0 saturated carbocycles. The summed E-state index contributed by atoms with van der Waals surface area (Å²) in [6.07, 6.45) is 5.54. The molecule has 1 amide bonds. The third-order valence-electron chi connectivity index (χ3n) is 3.32. The average molecular weight is 278 g/mol. The van der Waals surface area contributed by atoms with Crippen molar-refractivity contribution in [2.24, 2.45) is 0 Å². The van der Waals surface area contributed by atoms with Crippen molar-refractivity contribution < 1.29 is 9.53 Å². The standard InChI is InChI=1S/C14H22N4O2/c1-10-4-5-11(20-10)6-7-13(19)16-12-8-9-15-14(17-12)18(2)3/h8-11H,4-7H2,1-3H3,(H,15,16,17,19). The smallest absolute Gasteiger partial charge is 0.226 e. The van der Waals surface area contributed by atoms with Crippen LogP contribution in [0.3, 0.4) is 0 Å². The molecule has 1 N–H and O–H groups in total. The Morgan fingerprint density at radius 2 is 2.30 bits per heavy atom. The zero-order chi connectivity index (χ0) is 14.5. The molecule has 1 fully saturated rings. The lowest BCUT2D eigenvalue weighted by molar-refractivity contribution is -0.116. The zero-order valence-electron chi connectivity index (χ0n) is 12.3. The van der Waals surface area contributed by atoms with E-state index in [0.717, 1.165) is 19.3 Å². The Morgan fingerprint density at radius 3 is 2.95 bits per heavy atom. The van der Waals surface area contributed by atoms with Crippen molar-refractivity contribution in [3.05, 3.63) is 12.3 Å². The number of hydrogen-bond donors (Lipinski definition) is 1. The van der Waals surface area contributed by atoms with Gasteiger partial charge in [0.05, 0.1) is 12.2 Å². The van der Waals surface area contributed by atoms with E-state index in [0.29, 0.717) is 24.3 Å². The number of rotatable bonds is 5. The van der Waals surface area contributed by atoms with Gasteiger partial charge in [0.2, 0.25) is 11.9 Å². The van der Waals surface area contributed by atoms with Gasteiger partial charge in [-0.15, -0.1) is 0 Å². The molecule has 6 nitrogen and oxygen atoms in total. The van der Waals surface area contributed by atoms with Crippen LogP contribution in [0.4, 0.5) is 11.8 Å². The Balaban J connectivity index is 1.80. The number of nitrogens with zero attached hydrogens (tertiary/aromatic N) is 3. The summed E-state index contributed by atoms with van der Waals surface area (Å²) in [6, 6.07) is 1.69. The molecule has 1 aromatic heterocycles. The summed E-state index contributed by atoms with van der Waals surface area (Å²) in [6.45, 7) is 2.07. The molecule has 2 unspecified atom stereocenters. The number of anilines is 2. The highest BCUT2D eigenvalue weighted by atomic mass is 16.5. The Hall–Kier alpha value is -1.69. The highest BCUT2D eigenvalue weighted by Crippen LogP contribution is 2.22. The minimum Gasteiger partial charge on any atom is -0.375 e. The molecule has 0 aliphatic carbocycles. The summed E-state index contributed by atoms with van der Waals surface area (Å²) in [5.41, 5.74) is 0. The van der Waals surface area contributed by atoms with Crippen LogP contribution < -0.4 is 10.2 Å². The first-order valence-electron chi connectivity index (χ1n) is 7.00. The first-order valence-corrected chi connectivity index (χ1v) is 7.00. The van der Waals surface area contributed by atoms with Crippen molar-refractivity contribution in [3.8, 4) is 0 Å². The topological polar surface area (TPSA) is 67.4 Å². The number of ether oxygens (including phenoxy) is 1. The first kappa shape index (κ1) is 14.7. The number of aromatic nitrogens is 2. The molecule has 0 aromatic carbocycles. The van der Waals surface area contributed by atoms with E-state index in [2.05, 4.69) is 22.2 Å². The maximum atomic E-state index is 11.9. The van der Waals surface area contributed by atoms with E-state index in [4.69, 9.17) is 4.74 Å². The number of carbonyl (C=O) groups is 1. The largest absolute Gasteiger partial charge is 0.375 e. The molecular formula is C14H22N4O2. The van der Waals surface area contributed by atoms with Crippen LogP contribution in [-0.4, -0.2) is 42.2 Å². The molecule has 1 saturated heterocycles. The summed E-state index contributed by atoms with van der Waals surface area (Å²) < 4.78 is 5.70. The van der Waals surface area contributed by atoms with Crippen LogP contribution in [0, 0.1) is 0 Å². The molecule has 1 aliphatic rings.